The van der Waals surface area contributed by atoms with Gasteiger partial charge in [-0.05, 0) is 30.7 Å². The highest BCUT2D eigenvalue weighted by atomic mass is 32.2. The van der Waals surface area contributed by atoms with E-state index in [-0.39, 0.29) is 22.4 Å². The number of nitrogens with one attached hydrogen (secondary N) is 1. The predicted molar refractivity (Wildman–Crippen MR) is 107 cm³/mol. The molecule has 0 unspecified atom stereocenters. The van der Waals surface area contributed by atoms with E-state index in [0.717, 1.165) is 18.2 Å². The minimum atomic E-state index is -3.33. The van der Waals surface area contributed by atoms with Gasteiger partial charge in [0.15, 0.2) is 16.2 Å². The van der Waals surface area contributed by atoms with Crippen molar-refractivity contribution in [2.24, 2.45) is 0 Å². The number of nitrogens with zero attached hydrogens (tertiary/aromatic N) is 3. The number of hydrogen-bond acceptors (Lipinski definition) is 8. The Hall–Kier alpha value is -3.79. The molecule has 0 atom stereocenters. The lowest BCUT2D eigenvalue weighted by molar-refractivity contribution is 0.0994. The summed E-state index contributed by atoms with van der Waals surface area (Å²) in [5.41, 5.74) is 2.88. The van der Waals surface area contributed by atoms with Gasteiger partial charge in [0, 0.05) is 18.0 Å². The van der Waals surface area contributed by atoms with Gasteiger partial charge in [0.05, 0.1) is 10.6 Å². The molecule has 0 saturated carbocycles. The summed E-state index contributed by atoms with van der Waals surface area (Å²) < 4.78 is 33.8. The van der Waals surface area contributed by atoms with Crippen LogP contribution >= 0.6 is 0 Å². The third kappa shape index (κ3) is 3.98. The molecule has 0 fully saturated rings. The zero-order valence-electron chi connectivity index (χ0n) is 16.0. The lowest BCUT2D eigenvalue weighted by atomic mass is 10.1. The monoisotopic (exact) mass is 424 g/mol. The molecule has 0 bridgehead atoms. The first-order valence-electron chi connectivity index (χ1n) is 8.75. The van der Waals surface area contributed by atoms with E-state index in [1.165, 1.54) is 18.4 Å². The van der Waals surface area contributed by atoms with Crippen molar-refractivity contribution in [2.45, 2.75) is 11.8 Å². The van der Waals surface area contributed by atoms with E-state index in [9.17, 15) is 13.2 Å². The molecule has 1 aromatic carbocycles. The van der Waals surface area contributed by atoms with Crippen molar-refractivity contribution < 1.29 is 22.0 Å². The summed E-state index contributed by atoms with van der Waals surface area (Å²) in [4.78, 5) is 25.3. The van der Waals surface area contributed by atoms with Crippen molar-refractivity contribution in [3.05, 3.63) is 66.6 Å². The number of amides is 1. The number of anilines is 1. The highest BCUT2D eigenvalue weighted by molar-refractivity contribution is 7.90. The highest BCUT2D eigenvalue weighted by Crippen LogP contribution is 2.25. The number of benzene rings is 1. The Kier molecular flexibility index (Phi) is 4.92. The third-order valence-corrected chi connectivity index (χ3v) is 5.36. The first-order chi connectivity index (χ1) is 14.3. The van der Waals surface area contributed by atoms with Crippen LogP contribution in [0.4, 0.5) is 6.01 Å². The number of rotatable bonds is 5. The second-order valence-corrected chi connectivity index (χ2v) is 8.56. The Labute approximate surface area is 171 Å². The first kappa shape index (κ1) is 19.5. The van der Waals surface area contributed by atoms with E-state index >= 15 is 0 Å². The SMILES string of the molecule is Cc1ccc(-c2coc(NC(=O)c3ocnc3-c3ccc(S(C)(=O)=O)cc3)n2)nc1. The molecule has 0 aliphatic heterocycles. The molecule has 152 valence electrons. The second-order valence-electron chi connectivity index (χ2n) is 6.54. The van der Waals surface area contributed by atoms with E-state index in [1.807, 2.05) is 13.0 Å². The normalized spacial score (nSPS) is 11.4. The smallest absolute Gasteiger partial charge is 0.302 e. The summed E-state index contributed by atoms with van der Waals surface area (Å²) in [7, 11) is -3.33. The highest BCUT2D eigenvalue weighted by Gasteiger charge is 2.21. The molecule has 4 rings (SSSR count). The molecule has 3 heterocycles. The predicted octanol–water partition coefficient (Wildman–Crippen LogP) is 3.36. The number of carbonyl (C=O) groups is 1. The average Bonchev–Trinajstić information content (AvgIpc) is 3.38. The quantitative estimate of drug-likeness (QED) is 0.516. The van der Waals surface area contributed by atoms with E-state index in [4.69, 9.17) is 8.83 Å². The number of pyridine rings is 1. The van der Waals surface area contributed by atoms with Crippen molar-refractivity contribution in [2.75, 3.05) is 11.6 Å². The molecule has 4 aromatic rings. The molecule has 0 spiro atoms. The summed E-state index contributed by atoms with van der Waals surface area (Å²) >= 11 is 0. The fourth-order valence-electron chi connectivity index (χ4n) is 2.69. The maximum absolute atomic E-state index is 12.6. The Balaban J connectivity index is 1.54. The van der Waals surface area contributed by atoms with Crippen LogP contribution in [0.3, 0.4) is 0 Å². The van der Waals surface area contributed by atoms with E-state index in [1.54, 1.807) is 24.4 Å². The molecular weight excluding hydrogens is 408 g/mol. The van der Waals surface area contributed by atoms with Crippen molar-refractivity contribution in [3.63, 3.8) is 0 Å². The van der Waals surface area contributed by atoms with Crippen LogP contribution in [0.1, 0.15) is 16.1 Å². The van der Waals surface area contributed by atoms with Crippen LogP contribution in [0, 0.1) is 6.92 Å². The van der Waals surface area contributed by atoms with Gasteiger partial charge in [-0.15, -0.1) is 0 Å². The lowest BCUT2D eigenvalue weighted by Gasteiger charge is -2.03. The van der Waals surface area contributed by atoms with E-state index in [2.05, 4.69) is 20.3 Å². The summed E-state index contributed by atoms with van der Waals surface area (Å²) in [6.07, 6.45) is 5.34. The Morgan fingerprint density at radius 2 is 1.77 bits per heavy atom. The van der Waals surface area contributed by atoms with Crippen molar-refractivity contribution in [1.82, 2.24) is 15.0 Å². The van der Waals surface area contributed by atoms with Gasteiger partial charge in [-0.2, -0.15) is 4.98 Å². The molecule has 3 aromatic heterocycles. The number of carbonyl (C=O) groups excluding carboxylic acids is 1. The topological polar surface area (TPSA) is 128 Å². The number of oxazole rings is 2. The van der Waals surface area contributed by atoms with Crippen LogP contribution < -0.4 is 5.32 Å². The van der Waals surface area contributed by atoms with Gasteiger partial charge >= 0.3 is 6.01 Å². The molecule has 0 saturated heterocycles. The second kappa shape index (κ2) is 7.56. The summed E-state index contributed by atoms with van der Waals surface area (Å²) in [5, 5.41) is 2.52. The van der Waals surface area contributed by atoms with Crippen LogP contribution in [0.2, 0.25) is 0 Å². The summed E-state index contributed by atoms with van der Waals surface area (Å²) in [6, 6.07) is 9.66. The van der Waals surface area contributed by atoms with Gasteiger partial charge in [-0.25, -0.2) is 13.4 Å². The van der Waals surface area contributed by atoms with Crippen LogP contribution in [0.25, 0.3) is 22.6 Å². The van der Waals surface area contributed by atoms with Gasteiger partial charge < -0.3 is 8.83 Å². The van der Waals surface area contributed by atoms with Gasteiger partial charge in [0.1, 0.15) is 17.7 Å². The van der Waals surface area contributed by atoms with Crippen molar-refractivity contribution in [3.8, 4) is 22.6 Å². The lowest BCUT2D eigenvalue weighted by Crippen LogP contribution is -2.12. The Morgan fingerprint density at radius 3 is 2.43 bits per heavy atom. The van der Waals surface area contributed by atoms with Gasteiger partial charge in [-0.1, -0.05) is 18.2 Å². The van der Waals surface area contributed by atoms with Gasteiger partial charge in [0.25, 0.3) is 5.91 Å². The minimum Gasteiger partial charge on any atom is -0.438 e. The number of sulfone groups is 1. The van der Waals surface area contributed by atoms with Gasteiger partial charge in [-0.3, -0.25) is 15.1 Å². The average molecular weight is 424 g/mol. The molecule has 30 heavy (non-hydrogen) atoms. The summed E-state index contributed by atoms with van der Waals surface area (Å²) in [5.74, 6) is -0.671. The zero-order chi connectivity index (χ0) is 21.3. The molecule has 10 heteroatoms. The molecule has 1 N–H and O–H groups in total. The largest absolute Gasteiger partial charge is 0.438 e. The molecule has 1 amide bonds. The van der Waals surface area contributed by atoms with E-state index < -0.39 is 15.7 Å². The van der Waals surface area contributed by atoms with Crippen LogP contribution in [0.5, 0.6) is 0 Å². The van der Waals surface area contributed by atoms with Crippen molar-refractivity contribution >= 4 is 21.8 Å². The summed E-state index contributed by atoms with van der Waals surface area (Å²) in [6.45, 7) is 1.93. The fraction of sp³-hybridized carbons (Fsp3) is 0.100. The number of aromatic nitrogens is 3. The molecule has 0 aliphatic carbocycles. The van der Waals surface area contributed by atoms with Crippen LogP contribution in [0.15, 0.2) is 69.0 Å². The molecular formula is C20H16N4O5S. The van der Waals surface area contributed by atoms with E-state index in [0.29, 0.717) is 17.0 Å². The fourth-order valence-corrected chi connectivity index (χ4v) is 3.33. The molecule has 0 radical (unpaired) electrons. The maximum atomic E-state index is 12.6. The third-order valence-electron chi connectivity index (χ3n) is 4.23. The van der Waals surface area contributed by atoms with Gasteiger partial charge in [0.2, 0.25) is 5.76 Å². The zero-order valence-corrected chi connectivity index (χ0v) is 16.8. The number of aryl methyl sites for hydroxylation is 1. The standard InChI is InChI=1S/C20H16N4O5S/c1-12-3-8-15(21-9-12)16-10-28-20(23-16)24-19(25)18-17(22-11-29-18)13-4-6-14(7-5-13)30(2,26)27/h3-11H,1-2H3,(H,23,24,25). The minimum absolute atomic E-state index is 0.0212. The number of hydrogen-bond donors (Lipinski definition) is 1. The maximum Gasteiger partial charge on any atom is 0.302 e. The Morgan fingerprint density at radius 1 is 1.00 bits per heavy atom. The molecule has 9 nitrogen and oxygen atoms in total. The van der Waals surface area contributed by atoms with Crippen LogP contribution in [-0.4, -0.2) is 35.5 Å². The molecule has 0 aliphatic rings. The first-order valence-corrected chi connectivity index (χ1v) is 10.6. The van der Waals surface area contributed by atoms with Crippen LogP contribution in [-0.2, 0) is 9.84 Å². The Bertz CT molecular complexity index is 1310. The van der Waals surface area contributed by atoms with Crippen molar-refractivity contribution in [1.29, 1.82) is 0 Å².